The van der Waals surface area contributed by atoms with E-state index in [4.69, 9.17) is 9.97 Å². The predicted octanol–water partition coefficient (Wildman–Crippen LogP) is 13.2. The van der Waals surface area contributed by atoms with Crippen LogP contribution in [0.2, 0.25) is 0 Å². The molecule has 0 fully saturated rings. The Bertz CT molecular complexity index is 3000. The van der Waals surface area contributed by atoms with Gasteiger partial charge in [-0.05, 0) is 64.7 Å². The normalized spacial score (nSPS) is 13.2. The van der Waals surface area contributed by atoms with Gasteiger partial charge in [-0.15, -0.1) is 11.3 Å². The number of benzene rings is 7. The number of aromatic nitrogens is 3. The van der Waals surface area contributed by atoms with E-state index in [1.165, 1.54) is 64.2 Å². The van der Waals surface area contributed by atoms with Crippen LogP contribution in [-0.2, 0) is 5.41 Å². The third-order valence-electron chi connectivity index (χ3n) is 11.2. The first kappa shape index (κ1) is 30.3. The minimum atomic E-state index is -0.169. The summed E-state index contributed by atoms with van der Waals surface area (Å²) in [7, 11) is 0. The van der Waals surface area contributed by atoms with E-state index in [1.54, 1.807) is 0 Å². The van der Waals surface area contributed by atoms with Crippen molar-refractivity contribution in [2.75, 3.05) is 0 Å². The van der Waals surface area contributed by atoms with Gasteiger partial charge < -0.3 is 4.57 Å². The lowest BCUT2D eigenvalue weighted by Crippen LogP contribution is -2.15. The fourth-order valence-corrected chi connectivity index (χ4v) is 10.1. The zero-order valence-corrected chi connectivity index (χ0v) is 30.2. The molecule has 0 amide bonds. The lowest BCUT2D eigenvalue weighted by Gasteiger charge is -2.23. The second-order valence-corrected chi connectivity index (χ2v) is 15.6. The Morgan fingerprint density at radius 1 is 0.547 bits per heavy atom. The molecule has 0 radical (unpaired) electrons. The van der Waals surface area contributed by atoms with Gasteiger partial charge in [-0.1, -0.05) is 135 Å². The zero-order valence-electron chi connectivity index (χ0n) is 29.3. The molecule has 0 bridgehead atoms. The Morgan fingerprint density at radius 2 is 1.15 bits per heavy atom. The van der Waals surface area contributed by atoms with Gasteiger partial charge in [0.25, 0.3) is 0 Å². The molecule has 250 valence electrons. The minimum Gasteiger partial charge on any atom is -0.308 e. The molecule has 0 unspecified atom stereocenters. The van der Waals surface area contributed by atoms with Gasteiger partial charge in [0.1, 0.15) is 0 Å². The van der Waals surface area contributed by atoms with Crippen molar-refractivity contribution in [2.45, 2.75) is 19.3 Å². The third-order valence-corrected chi connectivity index (χ3v) is 12.4. The van der Waals surface area contributed by atoms with E-state index in [0.29, 0.717) is 5.82 Å². The van der Waals surface area contributed by atoms with Crippen molar-refractivity contribution < 1.29 is 0 Å². The Balaban J connectivity index is 1.18. The van der Waals surface area contributed by atoms with Crippen LogP contribution in [0.25, 0.3) is 92.7 Å². The smallest absolute Gasteiger partial charge is 0.160 e. The molecule has 3 heterocycles. The van der Waals surface area contributed by atoms with Crippen LogP contribution in [0.5, 0.6) is 0 Å². The van der Waals surface area contributed by atoms with Gasteiger partial charge in [-0.25, -0.2) is 9.97 Å². The van der Waals surface area contributed by atoms with Crippen molar-refractivity contribution in [1.29, 1.82) is 0 Å². The second kappa shape index (κ2) is 11.3. The summed E-state index contributed by atoms with van der Waals surface area (Å²) in [5, 5.41) is 5.34. The van der Waals surface area contributed by atoms with Gasteiger partial charge in [-0.3, -0.25) is 0 Å². The molecule has 0 spiro atoms. The van der Waals surface area contributed by atoms with Gasteiger partial charge in [0.05, 0.1) is 27.1 Å². The van der Waals surface area contributed by atoms with E-state index < -0.39 is 0 Å². The third kappa shape index (κ3) is 4.39. The SMILES string of the molecule is CC1(C)c2ccccc2-c2c1c1c3ccccc3n(-c3ccc(-c4nc(-c5ccccc5)cc(-c5ccccc5)n4)cc3)c1c1sc3ccccc3c21. The molecular formula is C49H33N3S. The van der Waals surface area contributed by atoms with E-state index in [1.807, 2.05) is 23.5 Å². The van der Waals surface area contributed by atoms with Crippen LogP contribution < -0.4 is 0 Å². The highest BCUT2D eigenvalue weighted by Gasteiger charge is 2.40. The highest BCUT2D eigenvalue weighted by molar-refractivity contribution is 7.26. The molecule has 0 N–H and O–H groups in total. The van der Waals surface area contributed by atoms with E-state index in [2.05, 4.69) is 170 Å². The van der Waals surface area contributed by atoms with Gasteiger partial charge in [-0.2, -0.15) is 0 Å². The number of fused-ring (bicyclic) bond motifs is 12. The molecule has 3 nitrogen and oxygen atoms in total. The van der Waals surface area contributed by atoms with Crippen molar-refractivity contribution in [3.8, 4) is 50.7 Å². The average molecular weight is 696 g/mol. The van der Waals surface area contributed by atoms with Crippen LogP contribution in [0.15, 0.2) is 164 Å². The molecule has 10 aromatic rings. The van der Waals surface area contributed by atoms with E-state index >= 15 is 0 Å². The molecule has 11 rings (SSSR count). The summed E-state index contributed by atoms with van der Waals surface area (Å²) < 4.78 is 5.15. The summed E-state index contributed by atoms with van der Waals surface area (Å²) in [6.45, 7) is 4.82. The maximum Gasteiger partial charge on any atom is 0.160 e. The lowest BCUT2D eigenvalue weighted by molar-refractivity contribution is 0.667. The van der Waals surface area contributed by atoms with Crippen molar-refractivity contribution >= 4 is 53.3 Å². The molecule has 7 aromatic carbocycles. The van der Waals surface area contributed by atoms with Crippen molar-refractivity contribution in [2.24, 2.45) is 0 Å². The Labute approximate surface area is 311 Å². The van der Waals surface area contributed by atoms with E-state index in [-0.39, 0.29) is 5.41 Å². The first-order valence-corrected chi connectivity index (χ1v) is 19.0. The summed E-state index contributed by atoms with van der Waals surface area (Å²) in [5.41, 5.74) is 14.0. The highest BCUT2D eigenvalue weighted by Crippen LogP contribution is 2.58. The first-order valence-electron chi connectivity index (χ1n) is 18.2. The van der Waals surface area contributed by atoms with E-state index in [0.717, 1.165) is 33.8 Å². The topological polar surface area (TPSA) is 30.7 Å². The van der Waals surface area contributed by atoms with Crippen LogP contribution in [0.4, 0.5) is 0 Å². The largest absolute Gasteiger partial charge is 0.308 e. The van der Waals surface area contributed by atoms with Gasteiger partial charge in [0.2, 0.25) is 0 Å². The summed E-state index contributed by atoms with van der Waals surface area (Å²) >= 11 is 1.91. The number of hydrogen-bond acceptors (Lipinski definition) is 3. The summed E-state index contributed by atoms with van der Waals surface area (Å²) in [4.78, 5) is 10.2. The Hall–Kier alpha value is -6.36. The maximum atomic E-state index is 5.12. The van der Waals surface area contributed by atoms with Gasteiger partial charge >= 0.3 is 0 Å². The summed E-state index contributed by atoms with van der Waals surface area (Å²) in [6, 6.07) is 58.6. The van der Waals surface area contributed by atoms with Crippen LogP contribution in [0.1, 0.15) is 25.0 Å². The standard InChI is InChI=1S/C49H33N3S/c1-49(2)37-22-12-9-19-34(37)42-43-36-21-11-14-24-41(36)53-47(43)46-44(45(42)49)35-20-10-13-23-40(35)52(46)33-27-25-32(26-28-33)48-50-38(30-15-5-3-6-16-30)29-39(51-48)31-17-7-4-8-18-31/h3-29H,1-2H3. The molecule has 1 aliphatic carbocycles. The molecular weight excluding hydrogens is 663 g/mol. The van der Waals surface area contributed by atoms with Crippen molar-refractivity contribution in [1.82, 2.24) is 14.5 Å². The van der Waals surface area contributed by atoms with Crippen molar-refractivity contribution in [3.05, 3.63) is 175 Å². The fraction of sp³-hybridized carbons (Fsp3) is 0.0612. The fourth-order valence-electron chi connectivity index (χ4n) is 8.81. The Morgan fingerprint density at radius 3 is 1.87 bits per heavy atom. The van der Waals surface area contributed by atoms with Crippen LogP contribution in [0.3, 0.4) is 0 Å². The molecule has 3 aromatic heterocycles. The number of thiophene rings is 1. The van der Waals surface area contributed by atoms with Crippen LogP contribution >= 0.6 is 11.3 Å². The van der Waals surface area contributed by atoms with E-state index in [9.17, 15) is 0 Å². The molecule has 0 aliphatic heterocycles. The van der Waals surface area contributed by atoms with Crippen molar-refractivity contribution in [3.63, 3.8) is 0 Å². The van der Waals surface area contributed by atoms with Crippen LogP contribution in [0, 0.1) is 0 Å². The maximum absolute atomic E-state index is 5.12. The van der Waals surface area contributed by atoms with Crippen LogP contribution in [-0.4, -0.2) is 14.5 Å². The summed E-state index contributed by atoms with van der Waals surface area (Å²) in [5.74, 6) is 0.711. The number of para-hydroxylation sites is 1. The zero-order chi connectivity index (χ0) is 35.3. The molecule has 0 saturated heterocycles. The molecule has 1 aliphatic rings. The first-order chi connectivity index (χ1) is 26.1. The monoisotopic (exact) mass is 695 g/mol. The number of rotatable bonds is 4. The Kier molecular flexibility index (Phi) is 6.47. The molecule has 4 heteroatoms. The molecule has 0 saturated carbocycles. The number of hydrogen-bond donors (Lipinski definition) is 0. The predicted molar refractivity (Wildman–Crippen MR) is 223 cm³/mol. The molecule has 0 atom stereocenters. The quantitative estimate of drug-likeness (QED) is 0.183. The second-order valence-electron chi connectivity index (χ2n) is 14.5. The minimum absolute atomic E-state index is 0.169. The number of nitrogens with zero attached hydrogens (tertiary/aromatic N) is 3. The average Bonchev–Trinajstić information content (AvgIpc) is 3.84. The molecule has 53 heavy (non-hydrogen) atoms. The van der Waals surface area contributed by atoms with Gasteiger partial charge in [0.15, 0.2) is 5.82 Å². The highest BCUT2D eigenvalue weighted by atomic mass is 32.1. The lowest BCUT2D eigenvalue weighted by atomic mass is 9.80. The summed E-state index contributed by atoms with van der Waals surface area (Å²) in [6.07, 6.45) is 0. The van der Waals surface area contributed by atoms with Gasteiger partial charge in [0, 0.05) is 54.0 Å².